The van der Waals surface area contributed by atoms with Gasteiger partial charge in [-0.05, 0) is 44.2 Å². The van der Waals surface area contributed by atoms with E-state index < -0.39 is 0 Å². The summed E-state index contributed by atoms with van der Waals surface area (Å²) in [5, 5.41) is 0. The van der Waals surface area contributed by atoms with Crippen LogP contribution in [0.4, 0.5) is 0 Å². The highest BCUT2D eigenvalue weighted by atomic mass is 16.5. The summed E-state index contributed by atoms with van der Waals surface area (Å²) in [6.45, 7) is 8.46. The second kappa shape index (κ2) is 7.17. The Bertz CT molecular complexity index is 438. The van der Waals surface area contributed by atoms with Crippen LogP contribution < -0.4 is 4.74 Å². The lowest BCUT2D eigenvalue weighted by Crippen LogP contribution is -2.12. The quantitative estimate of drug-likeness (QED) is 0.738. The Morgan fingerprint density at radius 1 is 1.32 bits per heavy atom. The molecule has 1 atom stereocenters. The van der Waals surface area contributed by atoms with Crippen LogP contribution in [0.15, 0.2) is 12.1 Å². The lowest BCUT2D eigenvalue weighted by molar-refractivity contribution is -0.144. The van der Waals surface area contributed by atoms with Crippen molar-refractivity contribution in [1.29, 1.82) is 0 Å². The van der Waals surface area contributed by atoms with Gasteiger partial charge >= 0.3 is 5.97 Å². The predicted octanol–water partition coefficient (Wildman–Crippen LogP) is 3.44. The van der Waals surface area contributed by atoms with Gasteiger partial charge in [-0.15, -0.1) is 0 Å². The maximum Gasteiger partial charge on any atom is 0.306 e. The van der Waals surface area contributed by atoms with Crippen LogP contribution in [0, 0.1) is 19.8 Å². The van der Waals surface area contributed by atoms with Crippen LogP contribution in [0.2, 0.25) is 0 Å². The van der Waals surface area contributed by atoms with Gasteiger partial charge in [-0.1, -0.05) is 24.6 Å². The minimum atomic E-state index is -0.127. The van der Waals surface area contributed by atoms with Gasteiger partial charge in [-0.25, -0.2) is 0 Å². The van der Waals surface area contributed by atoms with Crippen LogP contribution in [0.5, 0.6) is 5.75 Å². The lowest BCUT2D eigenvalue weighted by Gasteiger charge is -2.16. The Morgan fingerprint density at radius 2 is 2.00 bits per heavy atom. The number of rotatable bonds is 6. The summed E-state index contributed by atoms with van der Waals surface area (Å²) in [7, 11) is 1.69. The lowest BCUT2D eigenvalue weighted by atomic mass is 9.94. The molecule has 1 aromatic carbocycles. The molecule has 0 saturated carbocycles. The summed E-state index contributed by atoms with van der Waals surface area (Å²) in [5.74, 6) is 1.05. The molecule has 0 aliphatic heterocycles. The van der Waals surface area contributed by atoms with Gasteiger partial charge in [0.05, 0.1) is 13.7 Å². The average molecular weight is 264 g/mol. The fourth-order valence-electron chi connectivity index (χ4n) is 2.44. The number of hydrogen-bond donors (Lipinski definition) is 0. The number of ether oxygens (including phenoxy) is 2. The van der Waals surface area contributed by atoms with Crippen molar-refractivity contribution in [2.45, 2.75) is 40.5 Å². The van der Waals surface area contributed by atoms with Crippen LogP contribution in [0.25, 0.3) is 0 Å². The van der Waals surface area contributed by atoms with Crippen LogP contribution in [0.1, 0.15) is 37.0 Å². The Labute approximate surface area is 115 Å². The molecule has 0 fully saturated rings. The van der Waals surface area contributed by atoms with Crippen molar-refractivity contribution < 1.29 is 14.3 Å². The molecule has 0 radical (unpaired) electrons. The average Bonchev–Trinajstić information content (AvgIpc) is 2.28. The zero-order valence-corrected chi connectivity index (χ0v) is 12.6. The fraction of sp³-hybridized carbons (Fsp3) is 0.562. The molecule has 106 valence electrons. The Hall–Kier alpha value is -1.51. The number of aryl methyl sites for hydroxylation is 2. The molecule has 0 bridgehead atoms. The molecule has 0 aliphatic carbocycles. The smallest absolute Gasteiger partial charge is 0.306 e. The minimum Gasteiger partial charge on any atom is -0.496 e. The fourth-order valence-corrected chi connectivity index (χ4v) is 2.44. The molecule has 3 heteroatoms. The third kappa shape index (κ3) is 4.58. The first-order valence-electron chi connectivity index (χ1n) is 6.77. The first kappa shape index (κ1) is 15.5. The van der Waals surface area contributed by atoms with Crippen molar-refractivity contribution in [3.8, 4) is 5.75 Å². The molecule has 1 unspecified atom stereocenters. The molecular formula is C16H24O3. The van der Waals surface area contributed by atoms with E-state index in [1.807, 2.05) is 13.8 Å². The van der Waals surface area contributed by atoms with Crippen molar-refractivity contribution in [3.05, 3.63) is 28.8 Å². The first-order chi connectivity index (χ1) is 8.97. The largest absolute Gasteiger partial charge is 0.496 e. The number of carbonyl (C=O) groups excluding carboxylic acids is 1. The topological polar surface area (TPSA) is 35.5 Å². The zero-order chi connectivity index (χ0) is 14.4. The molecule has 0 N–H and O–H groups in total. The van der Waals surface area contributed by atoms with E-state index in [1.165, 1.54) is 5.56 Å². The molecule has 0 aromatic heterocycles. The number of benzene rings is 1. The number of methoxy groups -OCH3 is 1. The first-order valence-corrected chi connectivity index (χ1v) is 6.77. The van der Waals surface area contributed by atoms with Crippen molar-refractivity contribution in [1.82, 2.24) is 0 Å². The minimum absolute atomic E-state index is 0.127. The summed E-state index contributed by atoms with van der Waals surface area (Å²) in [6, 6.07) is 4.24. The van der Waals surface area contributed by atoms with Crippen LogP contribution in [0.3, 0.4) is 0 Å². The second-order valence-electron chi connectivity index (χ2n) is 5.09. The SMILES string of the molecule is CCOC(=O)CC(C)Cc1cc(C)cc(C)c1OC. The summed E-state index contributed by atoms with van der Waals surface area (Å²) in [6.07, 6.45) is 1.27. The van der Waals surface area contributed by atoms with Crippen molar-refractivity contribution in [2.75, 3.05) is 13.7 Å². The van der Waals surface area contributed by atoms with Gasteiger partial charge < -0.3 is 9.47 Å². The molecule has 3 nitrogen and oxygen atoms in total. The highest BCUT2D eigenvalue weighted by molar-refractivity contribution is 5.69. The van der Waals surface area contributed by atoms with Crippen molar-refractivity contribution >= 4 is 5.97 Å². The molecule has 1 aromatic rings. The number of hydrogen-bond acceptors (Lipinski definition) is 3. The highest BCUT2D eigenvalue weighted by Crippen LogP contribution is 2.28. The molecule has 0 spiro atoms. The third-order valence-electron chi connectivity index (χ3n) is 3.09. The van der Waals surface area contributed by atoms with E-state index in [1.54, 1.807) is 7.11 Å². The highest BCUT2D eigenvalue weighted by Gasteiger charge is 2.14. The van der Waals surface area contributed by atoms with E-state index in [0.717, 1.165) is 23.3 Å². The third-order valence-corrected chi connectivity index (χ3v) is 3.09. The summed E-state index contributed by atoms with van der Waals surface area (Å²) >= 11 is 0. The predicted molar refractivity (Wildman–Crippen MR) is 76.6 cm³/mol. The molecule has 1 rings (SSSR count). The van der Waals surface area contributed by atoms with Gasteiger partial charge in [-0.3, -0.25) is 4.79 Å². The van der Waals surface area contributed by atoms with Crippen LogP contribution >= 0.6 is 0 Å². The number of carbonyl (C=O) groups is 1. The van der Waals surface area contributed by atoms with Gasteiger partial charge in [-0.2, -0.15) is 0 Å². The van der Waals surface area contributed by atoms with E-state index >= 15 is 0 Å². The maximum atomic E-state index is 11.5. The zero-order valence-electron chi connectivity index (χ0n) is 12.6. The van der Waals surface area contributed by atoms with E-state index in [-0.39, 0.29) is 11.9 Å². The van der Waals surface area contributed by atoms with E-state index in [2.05, 4.69) is 26.0 Å². The summed E-state index contributed by atoms with van der Waals surface area (Å²) in [4.78, 5) is 11.5. The van der Waals surface area contributed by atoms with Crippen molar-refractivity contribution in [3.63, 3.8) is 0 Å². The molecule has 0 saturated heterocycles. The Kier molecular flexibility index (Phi) is 5.87. The van der Waals surface area contributed by atoms with Gasteiger partial charge in [0, 0.05) is 6.42 Å². The molecule has 0 heterocycles. The Balaban J connectivity index is 2.78. The monoisotopic (exact) mass is 264 g/mol. The normalized spacial score (nSPS) is 12.1. The van der Waals surface area contributed by atoms with Crippen LogP contribution in [-0.2, 0) is 16.0 Å². The van der Waals surface area contributed by atoms with E-state index in [4.69, 9.17) is 9.47 Å². The molecule has 0 amide bonds. The summed E-state index contributed by atoms with van der Waals surface area (Å²) in [5.41, 5.74) is 3.52. The standard InChI is InChI=1S/C16H24O3/c1-6-19-15(17)10-12(3)9-14-8-11(2)7-13(4)16(14)18-5/h7-8,12H,6,9-10H2,1-5H3. The van der Waals surface area contributed by atoms with Crippen LogP contribution in [-0.4, -0.2) is 19.7 Å². The Morgan fingerprint density at radius 3 is 2.58 bits per heavy atom. The molecule has 0 aliphatic rings. The van der Waals surface area contributed by atoms with E-state index in [0.29, 0.717) is 13.0 Å². The van der Waals surface area contributed by atoms with Crippen molar-refractivity contribution in [2.24, 2.45) is 5.92 Å². The summed E-state index contributed by atoms with van der Waals surface area (Å²) < 4.78 is 10.5. The van der Waals surface area contributed by atoms with E-state index in [9.17, 15) is 4.79 Å². The van der Waals surface area contributed by atoms with Gasteiger partial charge in [0.15, 0.2) is 0 Å². The van der Waals surface area contributed by atoms with Gasteiger partial charge in [0.25, 0.3) is 0 Å². The van der Waals surface area contributed by atoms with Gasteiger partial charge in [0.2, 0.25) is 0 Å². The second-order valence-corrected chi connectivity index (χ2v) is 5.09. The van der Waals surface area contributed by atoms with Gasteiger partial charge in [0.1, 0.15) is 5.75 Å². The molecular weight excluding hydrogens is 240 g/mol. The molecule has 19 heavy (non-hydrogen) atoms. The number of esters is 1. The maximum absolute atomic E-state index is 11.5.